The predicted molar refractivity (Wildman–Crippen MR) is 136 cm³/mol. The molecule has 3 heterocycles. The van der Waals surface area contributed by atoms with Gasteiger partial charge in [0.15, 0.2) is 0 Å². The molecule has 188 valence electrons. The van der Waals surface area contributed by atoms with Gasteiger partial charge in [0.2, 0.25) is 11.8 Å². The summed E-state index contributed by atoms with van der Waals surface area (Å²) in [4.78, 5) is 38.5. The first-order chi connectivity index (χ1) is 17.4. The Morgan fingerprint density at radius 3 is 2.61 bits per heavy atom. The lowest BCUT2D eigenvalue weighted by Crippen LogP contribution is -2.50. The fourth-order valence-corrected chi connectivity index (χ4v) is 4.27. The van der Waals surface area contributed by atoms with Crippen LogP contribution < -0.4 is 4.74 Å². The lowest BCUT2D eigenvalue weighted by Gasteiger charge is -2.37. The van der Waals surface area contributed by atoms with Gasteiger partial charge in [-0.1, -0.05) is 43.3 Å². The van der Waals surface area contributed by atoms with Gasteiger partial charge in [0, 0.05) is 43.2 Å². The number of ether oxygens (including phenoxy) is 1. The molecule has 8 heteroatoms. The Morgan fingerprint density at radius 1 is 1.17 bits per heavy atom. The van der Waals surface area contributed by atoms with Gasteiger partial charge in [-0.2, -0.15) is 0 Å². The number of benzene rings is 1. The zero-order valence-electron chi connectivity index (χ0n) is 20.9. The topological polar surface area (TPSA) is 95.9 Å². The fraction of sp³-hybridized carbons (Fsp3) is 0.357. The summed E-state index contributed by atoms with van der Waals surface area (Å²) in [5.74, 6) is -0.189. The SMILES string of the molecule is C[C@H](CO)N1C[C@H](C)[C@H](CN(C)C(=O)Cc2ccccn2)Oc2ncc(-c3ccccc3)cc2C1=O. The Kier molecular flexibility index (Phi) is 7.95. The number of hydrogen-bond donors (Lipinski definition) is 1. The second-order valence-corrected chi connectivity index (χ2v) is 9.34. The Labute approximate surface area is 211 Å². The van der Waals surface area contributed by atoms with Gasteiger partial charge in [0.05, 0.1) is 25.6 Å². The molecule has 2 amide bonds. The maximum atomic E-state index is 13.6. The molecule has 1 aromatic carbocycles. The summed E-state index contributed by atoms with van der Waals surface area (Å²) in [6.45, 7) is 4.34. The summed E-state index contributed by atoms with van der Waals surface area (Å²) < 4.78 is 6.31. The third-order valence-electron chi connectivity index (χ3n) is 6.57. The summed E-state index contributed by atoms with van der Waals surface area (Å²) in [5, 5.41) is 9.86. The smallest absolute Gasteiger partial charge is 0.259 e. The van der Waals surface area contributed by atoms with Crippen molar-refractivity contribution in [3.63, 3.8) is 0 Å². The van der Waals surface area contributed by atoms with Crippen molar-refractivity contribution in [3.8, 4) is 17.0 Å². The Balaban J connectivity index is 1.62. The largest absolute Gasteiger partial charge is 0.472 e. The van der Waals surface area contributed by atoms with E-state index in [1.54, 1.807) is 35.3 Å². The van der Waals surface area contributed by atoms with Crippen molar-refractivity contribution in [3.05, 3.63) is 78.2 Å². The Bertz CT molecular complexity index is 1190. The van der Waals surface area contributed by atoms with E-state index in [-0.39, 0.29) is 42.7 Å². The van der Waals surface area contributed by atoms with Crippen LogP contribution in [0.25, 0.3) is 11.1 Å². The highest BCUT2D eigenvalue weighted by molar-refractivity contribution is 5.98. The molecule has 0 bridgehead atoms. The number of rotatable bonds is 7. The number of amides is 2. The summed E-state index contributed by atoms with van der Waals surface area (Å²) in [5.41, 5.74) is 2.79. The Hall–Kier alpha value is -3.78. The highest BCUT2D eigenvalue weighted by Crippen LogP contribution is 2.30. The van der Waals surface area contributed by atoms with Gasteiger partial charge >= 0.3 is 0 Å². The molecule has 4 rings (SSSR count). The number of likely N-dealkylation sites (N-methyl/N-ethyl adjacent to an activating group) is 1. The number of nitrogens with zero attached hydrogens (tertiary/aromatic N) is 4. The number of carbonyl (C=O) groups excluding carboxylic acids is 2. The number of aliphatic hydroxyl groups is 1. The van der Waals surface area contributed by atoms with Crippen LogP contribution in [0.5, 0.6) is 5.88 Å². The number of aromatic nitrogens is 2. The molecule has 2 aromatic heterocycles. The van der Waals surface area contributed by atoms with E-state index < -0.39 is 6.10 Å². The molecule has 0 saturated carbocycles. The highest BCUT2D eigenvalue weighted by Gasteiger charge is 2.34. The molecule has 1 aliphatic heterocycles. The van der Waals surface area contributed by atoms with E-state index in [0.29, 0.717) is 24.3 Å². The van der Waals surface area contributed by atoms with E-state index in [2.05, 4.69) is 9.97 Å². The van der Waals surface area contributed by atoms with Crippen LogP contribution in [0.3, 0.4) is 0 Å². The maximum absolute atomic E-state index is 13.6. The quantitative estimate of drug-likeness (QED) is 0.549. The molecule has 1 N–H and O–H groups in total. The number of carbonyl (C=O) groups is 2. The van der Waals surface area contributed by atoms with Crippen molar-refractivity contribution in [2.75, 3.05) is 26.7 Å². The molecule has 0 unspecified atom stereocenters. The first-order valence-corrected chi connectivity index (χ1v) is 12.1. The average molecular weight is 489 g/mol. The van der Waals surface area contributed by atoms with Crippen LogP contribution in [-0.2, 0) is 11.2 Å². The summed E-state index contributed by atoms with van der Waals surface area (Å²) in [7, 11) is 1.74. The molecular weight excluding hydrogens is 456 g/mol. The summed E-state index contributed by atoms with van der Waals surface area (Å²) in [6, 6.07) is 16.6. The molecule has 0 radical (unpaired) electrons. The fourth-order valence-electron chi connectivity index (χ4n) is 4.27. The van der Waals surface area contributed by atoms with E-state index in [0.717, 1.165) is 11.1 Å². The number of hydrogen-bond acceptors (Lipinski definition) is 6. The number of fused-ring (bicyclic) bond motifs is 1. The second-order valence-electron chi connectivity index (χ2n) is 9.34. The molecule has 0 saturated heterocycles. The van der Waals surface area contributed by atoms with Crippen LogP contribution in [0.2, 0.25) is 0 Å². The van der Waals surface area contributed by atoms with E-state index in [4.69, 9.17) is 4.74 Å². The van der Waals surface area contributed by atoms with Gasteiger partial charge < -0.3 is 19.6 Å². The molecule has 3 atom stereocenters. The van der Waals surface area contributed by atoms with Crippen molar-refractivity contribution in [2.45, 2.75) is 32.4 Å². The molecule has 3 aromatic rings. The van der Waals surface area contributed by atoms with Gasteiger partial charge in [0.25, 0.3) is 5.91 Å². The van der Waals surface area contributed by atoms with Gasteiger partial charge in [-0.05, 0) is 30.7 Å². The minimum atomic E-state index is -0.405. The minimum Gasteiger partial charge on any atom is -0.472 e. The third-order valence-corrected chi connectivity index (χ3v) is 6.57. The number of pyridine rings is 2. The van der Waals surface area contributed by atoms with E-state index >= 15 is 0 Å². The minimum absolute atomic E-state index is 0.0733. The van der Waals surface area contributed by atoms with Crippen LogP contribution >= 0.6 is 0 Å². The van der Waals surface area contributed by atoms with Gasteiger partial charge in [-0.25, -0.2) is 4.98 Å². The van der Waals surface area contributed by atoms with Crippen LogP contribution in [0.15, 0.2) is 67.0 Å². The van der Waals surface area contributed by atoms with E-state index in [1.165, 1.54) is 0 Å². The molecule has 0 aliphatic carbocycles. The molecule has 1 aliphatic rings. The van der Waals surface area contributed by atoms with Crippen LogP contribution in [0.4, 0.5) is 0 Å². The van der Waals surface area contributed by atoms with Gasteiger partial charge in [-0.3, -0.25) is 14.6 Å². The lowest BCUT2D eigenvalue weighted by atomic mass is 9.99. The third kappa shape index (κ3) is 5.71. The molecule has 0 fully saturated rings. The molecule has 0 spiro atoms. The molecular formula is C28H32N4O4. The standard InChI is InChI=1S/C28H32N4O4/c1-19-16-32(20(2)18-33)28(35)24-13-22(21-9-5-4-6-10-21)15-30-27(24)36-25(19)17-31(3)26(34)14-23-11-7-8-12-29-23/h4-13,15,19-20,25,33H,14,16-18H2,1-3H3/t19-,20+,25-/m0/s1. The van der Waals surface area contributed by atoms with Gasteiger partial charge in [-0.15, -0.1) is 0 Å². The highest BCUT2D eigenvalue weighted by atomic mass is 16.5. The van der Waals surface area contributed by atoms with Crippen LogP contribution in [0.1, 0.15) is 29.9 Å². The van der Waals surface area contributed by atoms with E-state index in [1.807, 2.05) is 62.4 Å². The maximum Gasteiger partial charge on any atom is 0.259 e. The first kappa shape index (κ1) is 25.3. The normalized spacial score (nSPS) is 18.4. The molecule has 36 heavy (non-hydrogen) atoms. The summed E-state index contributed by atoms with van der Waals surface area (Å²) in [6.07, 6.45) is 3.15. The van der Waals surface area contributed by atoms with Gasteiger partial charge in [0.1, 0.15) is 11.7 Å². The van der Waals surface area contributed by atoms with Crippen molar-refractivity contribution in [1.82, 2.24) is 19.8 Å². The number of aliphatic hydroxyl groups excluding tert-OH is 1. The van der Waals surface area contributed by atoms with Crippen LogP contribution in [0, 0.1) is 5.92 Å². The second kappa shape index (κ2) is 11.3. The Morgan fingerprint density at radius 2 is 1.92 bits per heavy atom. The average Bonchev–Trinajstić information content (AvgIpc) is 2.91. The zero-order valence-corrected chi connectivity index (χ0v) is 20.9. The van der Waals surface area contributed by atoms with Crippen molar-refractivity contribution >= 4 is 11.8 Å². The first-order valence-electron chi connectivity index (χ1n) is 12.1. The van der Waals surface area contributed by atoms with Crippen LogP contribution in [-0.4, -0.2) is 75.6 Å². The monoisotopic (exact) mass is 488 g/mol. The molecule has 8 nitrogen and oxygen atoms in total. The van der Waals surface area contributed by atoms with Crippen molar-refractivity contribution < 1.29 is 19.4 Å². The van der Waals surface area contributed by atoms with Crippen molar-refractivity contribution in [2.24, 2.45) is 5.92 Å². The van der Waals surface area contributed by atoms with E-state index in [9.17, 15) is 14.7 Å². The van der Waals surface area contributed by atoms with Crippen molar-refractivity contribution in [1.29, 1.82) is 0 Å². The lowest BCUT2D eigenvalue weighted by molar-refractivity contribution is -0.130. The summed E-state index contributed by atoms with van der Waals surface area (Å²) >= 11 is 0. The zero-order chi connectivity index (χ0) is 25.7. The predicted octanol–water partition coefficient (Wildman–Crippen LogP) is 3.06.